The van der Waals surface area contributed by atoms with Crippen molar-refractivity contribution < 1.29 is 36.3 Å². The zero-order valence-corrected chi connectivity index (χ0v) is 25.2. The summed E-state index contributed by atoms with van der Waals surface area (Å²) in [5, 5.41) is 0. The second-order valence-electron chi connectivity index (χ2n) is 7.49. The van der Waals surface area contributed by atoms with Crippen LogP contribution in [0.5, 0.6) is 0 Å². The summed E-state index contributed by atoms with van der Waals surface area (Å²) in [6.07, 6.45) is -2.58. The number of alkyl halides is 6. The second-order valence-corrected chi connectivity index (χ2v) is 12.4. The van der Waals surface area contributed by atoms with Crippen LogP contribution in [0.3, 0.4) is 0 Å². The minimum Gasteiger partial charge on any atom is -0.286 e. The minimum atomic E-state index is -4.11. The van der Waals surface area contributed by atoms with Gasteiger partial charge in [-0.15, -0.1) is 69.6 Å². The third-order valence-electron chi connectivity index (χ3n) is 3.73. The average Bonchev–Trinajstić information content (AvgIpc) is 2.79. The lowest BCUT2D eigenvalue weighted by Crippen LogP contribution is -2.36. The fourth-order valence-corrected chi connectivity index (χ4v) is 6.29. The van der Waals surface area contributed by atoms with Crippen LogP contribution in [0, 0.1) is 5.41 Å². The molecule has 0 rings (SSSR count). The maximum absolute atomic E-state index is 13.2. The van der Waals surface area contributed by atoms with Crippen LogP contribution in [0.4, 0.5) is 0 Å². The van der Waals surface area contributed by atoms with Gasteiger partial charge in [0, 0.05) is 40.7 Å². The summed E-state index contributed by atoms with van der Waals surface area (Å²) in [4.78, 5) is 0. The van der Waals surface area contributed by atoms with Crippen LogP contribution in [0.1, 0.15) is 27.7 Å². The molecule has 0 aliphatic heterocycles. The van der Waals surface area contributed by atoms with Gasteiger partial charge in [0.25, 0.3) is 0 Å². The molecule has 0 aliphatic rings. The molecule has 33 heavy (non-hydrogen) atoms. The summed E-state index contributed by atoms with van der Waals surface area (Å²) in [6.45, 7) is 5.71. The van der Waals surface area contributed by atoms with Gasteiger partial charge in [-0.05, 0) is 27.7 Å². The molecule has 0 aliphatic carbocycles. The Bertz CT molecular complexity index is 550. The lowest BCUT2D eigenvalue weighted by molar-refractivity contribution is 0.0217. The van der Waals surface area contributed by atoms with Crippen molar-refractivity contribution in [1.82, 2.24) is 0 Å². The summed E-state index contributed by atoms with van der Waals surface area (Å²) in [5.74, 6) is -0.0755. The number of rotatable bonds is 20. The predicted molar refractivity (Wildman–Crippen MR) is 136 cm³/mol. The highest BCUT2D eigenvalue weighted by Gasteiger charge is 2.41. The van der Waals surface area contributed by atoms with Crippen molar-refractivity contribution in [2.45, 2.75) is 52.1 Å². The molecule has 0 saturated heterocycles. The summed E-state index contributed by atoms with van der Waals surface area (Å²) >= 11 is 35.3. The predicted octanol–water partition coefficient (Wildman–Crippen LogP) is 7.28. The Kier molecular flexibility index (Phi) is 18.5. The Morgan fingerprint density at radius 3 is 1.00 bits per heavy atom. The summed E-state index contributed by atoms with van der Waals surface area (Å²) in [7, 11) is -8.23. The molecule has 4 unspecified atom stereocenters. The van der Waals surface area contributed by atoms with E-state index in [-0.39, 0.29) is 48.5 Å². The van der Waals surface area contributed by atoms with Crippen molar-refractivity contribution in [3.63, 3.8) is 0 Å². The molecule has 0 radical (unpaired) electrons. The van der Waals surface area contributed by atoms with Crippen molar-refractivity contribution in [3.8, 4) is 0 Å². The third-order valence-corrected chi connectivity index (χ3v) is 9.97. The number of hydrogen-bond acceptors (Lipinski definition) is 8. The summed E-state index contributed by atoms with van der Waals surface area (Å²) in [6, 6.07) is 0. The van der Waals surface area contributed by atoms with Gasteiger partial charge < -0.3 is 0 Å². The Hall–Kier alpha value is 1.96. The van der Waals surface area contributed by atoms with Gasteiger partial charge in [-0.1, -0.05) is 0 Å². The molecule has 0 amide bonds. The summed E-state index contributed by atoms with van der Waals surface area (Å²) in [5.41, 5.74) is -1.17. The average molecular weight is 639 g/mol. The molecule has 0 saturated carbocycles. The molecule has 0 aromatic heterocycles. The van der Waals surface area contributed by atoms with Crippen LogP contribution in [-0.2, 0) is 36.3 Å². The van der Waals surface area contributed by atoms with E-state index in [1.807, 2.05) is 0 Å². The molecule has 0 spiro atoms. The van der Waals surface area contributed by atoms with E-state index < -0.39 is 45.5 Å². The lowest BCUT2D eigenvalue weighted by Gasteiger charge is -2.33. The SMILES string of the molecule is CC(CCl)OP(=O)(OCC(CCl)(CCl)COP(=O)(OC(C)CCl)OC(C)CCl)OC(C)CCl. The van der Waals surface area contributed by atoms with Gasteiger partial charge in [0.15, 0.2) is 0 Å². The van der Waals surface area contributed by atoms with E-state index in [9.17, 15) is 9.13 Å². The highest BCUT2D eigenvalue weighted by Crippen LogP contribution is 2.55. The molecule has 8 nitrogen and oxygen atoms in total. The largest absolute Gasteiger partial charge is 0.475 e. The molecular weight excluding hydrogens is 607 g/mol. The van der Waals surface area contributed by atoms with E-state index in [0.29, 0.717) is 0 Å². The molecule has 0 fully saturated rings. The van der Waals surface area contributed by atoms with E-state index in [1.165, 1.54) is 0 Å². The fraction of sp³-hybridized carbons (Fsp3) is 1.00. The second kappa shape index (κ2) is 17.5. The molecule has 0 aromatic carbocycles. The fourth-order valence-electron chi connectivity index (χ4n) is 1.83. The minimum absolute atomic E-state index is 0.0423. The van der Waals surface area contributed by atoms with E-state index in [4.69, 9.17) is 96.7 Å². The van der Waals surface area contributed by atoms with Gasteiger partial charge in [0.1, 0.15) is 0 Å². The van der Waals surface area contributed by atoms with Gasteiger partial charge in [-0.3, -0.25) is 27.1 Å². The number of phosphoric ester groups is 2. The Morgan fingerprint density at radius 1 is 0.576 bits per heavy atom. The van der Waals surface area contributed by atoms with E-state index in [2.05, 4.69) is 0 Å². The molecule has 200 valence electrons. The molecule has 4 atom stereocenters. The third kappa shape index (κ3) is 13.9. The van der Waals surface area contributed by atoms with Crippen LogP contribution in [-0.4, -0.2) is 72.9 Å². The molecule has 0 heterocycles. The zero-order chi connectivity index (χ0) is 25.7. The number of halogens is 6. The van der Waals surface area contributed by atoms with Crippen LogP contribution >= 0.6 is 85.3 Å². The number of phosphoric acid groups is 2. The topological polar surface area (TPSA) is 89.5 Å². The Labute approximate surface area is 226 Å². The van der Waals surface area contributed by atoms with Crippen LogP contribution < -0.4 is 0 Å². The summed E-state index contributed by atoms with van der Waals surface area (Å²) < 4.78 is 58.9. The van der Waals surface area contributed by atoms with Crippen molar-refractivity contribution in [1.29, 1.82) is 0 Å². The molecule has 16 heteroatoms. The Balaban J connectivity index is 5.57. The van der Waals surface area contributed by atoms with Crippen LogP contribution in [0.15, 0.2) is 0 Å². The zero-order valence-electron chi connectivity index (χ0n) is 18.9. The van der Waals surface area contributed by atoms with E-state index in [1.54, 1.807) is 27.7 Å². The molecule has 0 N–H and O–H groups in total. The first-order valence-corrected chi connectivity index (χ1v) is 16.1. The maximum Gasteiger partial charge on any atom is 0.475 e. The molecular formula is C17H32Cl6O8P2. The maximum atomic E-state index is 13.2. The van der Waals surface area contributed by atoms with Crippen molar-refractivity contribution in [2.75, 3.05) is 48.5 Å². The van der Waals surface area contributed by atoms with Crippen molar-refractivity contribution >= 4 is 85.3 Å². The van der Waals surface area contributed by atoms with Crippen molar-refractivity contribution in [2.24, 2.45) is 5.41 Å². The number of hydrogen-bond donors (Lipinski definition) is 0. The van der Waals surface area contributed by atoms with Gasteiger partial charge >= 0.3 is 15.6 Å². The van der Waals surface area contributed by atoms with E-state index >= 15 is 0 Å². The van der Waals surface area contributed by atoms with Gasteiger partial charge in [-0.25, -0.2) is 9.13 Å². The first-order valence-electron chi connectivity index (χ1n) is 9.94. The van der Waals surface area contributed by atoms with Gasteiger partial charge in [-0.2, -0.15) is 0 Å². The monoisotopic (exact) mass is 636 g/mol. The highest BCUT2D eigenvalue weighted by atomic mass is 35.5. The highest BCUT2D eigenvalue weighted by molar-refractivity contribution is 7.48. The lowest BCUT2D eigenvalue weighted by atomic mass is 9.96. The van der Waals surface area contributed by atoms with Crippen LogP contribution in [0.2, 0.25) is 0 Å². The van der Waals surface area contributed by atoms with Gasteiger partial charge in [0.05, 0.1) is 37.6 Å². The van der Waals surface area contributed by atoms with Gasteiger partial charge in [0.2, 0.25) is 0 Å². The van der Waals surface area contributed by atoms with Crippen molar-refractivity contribution in [3.05, 3.63) is 0 Å². The quantitative estimate of drug-likeness (QED) is 0.102. The molecule has 0 aromatic rings. The molecule has 0 bridgehead atoms. The Morgan fingerprint density at radius 2 is 0.818 bits per heavy atom. The van der Waals surface area contributed by atoms with Crippen LogP contribution in [0.25, 0.3) is 0 Å². The smallest absolute Gasteiger partial charge is 0.286 e. The van der Waals surface area contributed by atoms with E-state index in [0.717, 1.165) is 0 Å². The normalized spacial score (nSPS) is 19.9. The first-order chi connectivity index (χ1) is 15.4. The standard InChI is InChI=1S/C17H32Cl6O8P2/c1-13(5-18)28-32(24,29-14(2)6-19)26-11-17(9-22,10-23)12-27-33(25,30-15(3)7-20)31-16(4)8-21/h13-16H,5-12H2,1-4H3. The first kappa shape index (κ1) is 35.0.